The molecule has 2 aromatic rings. The number of halogens is 2. The third kappa shape index (κ3) is 4.46. The van der Waals surface area contributed by atoms with Crippen molar-refractivity contribution >= 4 is 23.4 Å². The molecular formula is C15H13F2NO2S. The summed E-state index contributed by atoms with van der Waals surface area (Å²) in [6.45, 7) is 0. The Bertz CT molecular complexity index is 649. The Balaban J connectivity index is 1.94. The lowest BCUT2D eigenvalue weighted by Crippen LogP contribution is -2.14. The smallest absolute Gasteiger partial charge is 0.234 e. The fourth-order valence-electron chi connectivity index (χ4n) is 1.63. The minimum Gasteiger partial charge on any atom is -0.497 e. The summed E-state index contributed by atoms with van der Waals surface area (Å²) in [6.07, 6.45) is 0. The van der Waals surface area contributed by atoms with Crippen molar-refractivity contribution in [3.8, 4) is 5.75 Å². The first-order valence-corrected chi connectivity index (χ1v) is 7.09. The highest BCUT2D eigenvalue weighted by Crippen LogP contribution is 2.23. The van der Waals surface area contributed by atoms with Gasteiger partial charge in [-0.2, -0.15) is 0 Å². The molecule has 0 unspecified atom stereocenters. The van der Waals surface area contributed by atoms with E-state index in [1.165, 1.54) is 7.11 Å². The molecule has 0 aromatic heterocycles. The molecule has 21 heavy (non-hydrogen) atoms. The van der Waals surface area contributed by atoms with Gasteiger partial charge < -0.3 is 10.1 Å². The van der Waals surface area contributed by atoms with Crippen LogP contribution in [-0.2, 0) is 4.79 Å². The van der Waals surface area contributed by atoms with Crippen LogP contribution < -0.4 is 10.1 Å². The first-order chi connectivity index (χ1) is 10.1. The van der Waals surface area contributed by atoms with Crippen LogP contribution in [0, 0.1) is 11.6 Å². The largest absolute Gasteiger partial charge is 0.497 e. The second kappa shape index (κ2) is 7.08. The van der Waals surface area contributed by atoms with Gasteiger partial charge in [-0.15, -0.1) is 11.8 Å². The number of amides is 1. The normalized spacial score (nSPS) is 10.2. The fourth-order valence-corrected chi connectivity index (χ4v) is 2.39. The van der Waals surface area contributed by atoms with Crippen LogP contribution >= 0.6 is 11.8 Å². The van der Waals surface area contributed by atoms with Crippen molar-refractivity contribution < 1.29 is 18.3 Å². The van der Waals surface area contributed by atoms with Gasteiger partial charge in [-0.25, -0.2) is 8.78 Å². The van der Waals surface area contributed by atoms with Gasteiger partial charge in [-0.05, 0) is 30.3 Å². The molecule has 1 N–H and O–H groups in total. The Morgan fingerprint density at radius 2 is 2.05 bits per heavy atom. The van der Waals surface area contributed by atoms with Crippen molar-refractivity contribution in [3.63, 3.8) is 0 Å². The van der Waals surface area contributed by atoms with E-state index < -0.39 is 11.6 Å². The zero-order valence-electron chi connectivity index (χ0n) is 11.2. The number of benzene rings is 2. The average molecular weight is 309 g/mol. The summed E-state index contributed by atoms with van der Waals surface area (Å²) in [6, 6.07) is 10.0. The molecule has 2 rings (SSSR count). The van der Waals surface area contributed by atoms with Crippen LogP contribution in [0.2, 0.25) is 0 Å². The lowest BCUT2D eigenvalue weighted by atomic mass is 10.3. The Morgan fingerprint density at radius 3 is 2.81 bits per heavy atom. The molecule has 0 saturated heterocycles. The van der Waals surface area contributed by atoms with E-state index in [0.717, 1.165) is 30.0 Å². The minimum atomic E-state index is -0.546. The van der Waals surface area contributed by atoms with E-state index >= 15 is 0 Å². The summed E-state index contributed by atoms with van der Waals surface area (Å²) in [5.74, 6) is -0.784. The molecule has 0 radical (unpaired) electrons. The molecule has 0 aliphatic carbocycles. The first-order valence-electron chi connectivity index (χ1n) is 6.10. The average Bonchev–Trinajstić information content (AvgIpc) is 2.48. The molecule has 0 aliphatic heterocycles. The van der Waals surface area contributed by atoms with E-state index in [2.05, 4.69) is 5.32 Å². The van der Waals surface area contributed by atoms with E-state index in [-0.39, 0.29) is 16.6 Å². The van der Waals surface area contributed by atoms with Crippen molar-refractivity contribution in [1.82, 2.24) is 0 Å². The summed E-state index contributed by atoms with van der Waals surface area (Å²) in [7, 11) is 1.53. The highest BCUT2D eigenvalue weighted by molar-refractivity contribution is 8.00. The van der Waals surface area contributed by atoms with Crippen molar-refractivity contribution in [2.24, 2.45) is 0 Å². The van der Waals surface area contributed by atoms with Gasteiger partial charge in [0, 0.05) is 16.6 Å². The number of nitrogens with one attached hydrogen (secondary N) is 1. The Morgan fingerprint density at radius 1 is 1.24 bits per heavy atom. The van der Waals surface area contributed by atoms with Crippen LogP contribution in [-0.4, -0.2) is 18.8 Å². The Kier molecular flexibility index (Phi) is 5.16. The van der Waals surface area contributed by atoms with E-state index in [0.29, 0.717) is 11.4 Å². The molecule has 0 aliphatic rings. The molecule has 6 heteroatoms. The van der Waals surface area contributed by atoms with Crippen LogP contribution in [0.25, 0.3) is 0 Å². The third-order valence-corrected chi connectivity index (χ3v) is 3.64. The molecule has 0 heterocycles. The lowest BCUT2D eigenvalue weighted by Gasteiger charge is -2.07. The van der Waals surface area contributed by atoms with Crippen LogP contribution in [0.3, 0.4) is 0 Å². The molecule has 3 nitrogen and oxygen atoms in total. The predicted molar refractivity (Wildman–Crippen MR) is 78.7 cm³/mol. The number of rotatable bonds is 5. The minimum absolute atomic E-state index is 0.0163. The number of ether oxygens (including phenoxy) is 1. The van der Waals surface area contributed by atoms with Gasteiger partial charge in [0.1, 0.15) is 17.4 Å². The van der Waals surface area contributed by atoms with Gasteiger partial charge in [0.15, 0.2) is 0 Å². The zero-order chi connectivity index (χ0) is 15.2. The molecule has 0 spiro atoms. The molecule has 0 fully saturated rings. The molecule has 0 saturated carbocycles. The van der Waals surface area contributed by atoms with Crippen molar-refractivity contribution in [3.05, 3.63) is 54.1 Å². The Labute approximate surface area is 125 Å². The quantitative estimate of drug-likeness (QED) is 0.856. The number of carbonyl (C=O) groups is 1. The molecule has 0 atom stereocenters. The standard InChI is InChI=1S/C15H13F2NO2S/c1-20-12-4-2-3-11(8-12)18-15(19)9-21-14-7-10(16)5-6-13(14)17/h2-8H,9H2,1H3,(H,18,19). The number of anilines is 1. The van der Waals surface area contributed by atoms with E-state index in [1.54, 1.807) is 24.3 Å². The number of carbonyl (C=O) groups excluding carboxylic acids is 1. The SMILES string of the molecule is COc1cccc(NC(=O)CSc2cc(F)ccc2F)c1. The summed E-state index contributed by atoms with van der Waals surface area (Å²) in [5, 5.41) is 2.66. The zero-order valence-corrected chi connectivity index (χ0v) is 12.0. The maximum Gasteiger partial charge on any atom is 0.234 e. The third-order valence-electron chi connectivity index (χ3n) is 2.61. The number of methoxy groups -OCH3 is 1. The highest BCUT2D eigenvalue weighted by atomic mass is 32.2. The molecule has 1 amide bonds. The number of hydrogen-bond acceptors (Lipinski definition) is 3. The van der Waals surface area contributed by atoms with E-state index in [4.69, 9.17) is 4.74 Å². The van der Waals surface area contributed by atoms with Gasteiger partial charge in [0.2, 0.25) is 5.91 Å². The second-order valence-corrected chi connectivity index (χ2v) is 5.16. The summed E-state index contributed by atoms with van der Waals surface area (Å²) in [5.41, 5.74) is 0.583. The number of thioether (sulfide) groups is 1. The first kappa shape index (κ1) is 15.3. The Hall–Kier alpha value is -2.08. The van der Waals surface area contributed by atoms with Gasteiger partial charge >= 0.3 is 0 Å². The van der Waals surface area contributed by atoms with E-state index in [9.17, 15) is 13.6 Å². The van der Waals surface area contributed by atoms with Crippen LogP contribution in [0.15, 0.2) is 47.4 Å². The van der Waals surface area contributed by atoms with Crippen LogP contribution in [0.4, 0.5) is 14.5 Å². The van der Waals surface area contributed by atoms with Crippen molar-refractivity contribution in [1.29, 1.82) is 0 Å². The predicted octanol–water partition coefficient (Wildman–Crippen LogP) is 3.70. The molecule has 2 aromatic carbocycles. The molecular weight excluding hydrogens is 296 g/mol. The highest BCUT2D eigenvalue weighted by Gasteiger charge is 2.08. The van der Waals surface area contributed by atoms with E-state index in [1.807, 2.05) is 0 Å². The summed E-state index contributed by atoms with van der Waals surface area (Å²) < 4.78 is 31.5. The van der Waals surface area contributed by atoms with Crippen molar-refractivity contribution in [2.75, 3.05) is 18.2 Å². The van der Waals surface area contributed by atoms with Gasteiger partial charge in [0.05, 0.1) is 12.9 Å². The molecule has 110 valence electrons. The topological polar surface area (TPSA) is 38.3 Å². The van der Waals surface area contributed by atoms with Gasteiger partial charge in [-0.3, -0.25) is 4.79 Å². The van der Waals surface area contributed by atoms with Gasteiger partial charge in [0.25, 0.3) is 0 Å². The lowest BCUT2D eigenvalue weighted by molar-refractivity contribution is -0.113. The number of hydrogen-bond donors (Lipinski definition) is 1. The fraction of sp³-hybridized carbons (Fsp3) is 0.133. The summed E-state index contributed by atoms with van der Waals surface area (Å²) >= 11 is 0.940. The second-order valence-electron chi connectivity index (χ2n) is 4.14. The van der Waals surface area contributed by atoms with Crippen LogP contribution in [0.1, 0.15) is 0 Å². The maximum absolute atomic E-state index is 13.4. The maximum atomic E-state index is 13.4. The van der Waals surface area contributed by atoms with Crippen LogP contribution in [0.5, 0.6) is 5.75 Å². The van der Waals surface area contributed by atoms with Gasteiger partial charge in [-0.1, -0.05) is 6.07 Å². The van der Waals surface area contributed by atoms with Crippen molar-refractivity contribution in [2.45, 2.75) is 4.90 Å². The monoisotopic (exact) mass is 309 g/mol. The summed E-state index contributed by atoms with van der Waals surface area (Å²) in [4.78, 5) is 11.9. The molecule has 0 bridgehead atoms.